The van der Waals surface area contributed by atoms with Gasteiger partial charge in [-0.2, -0.15) is 0 Å². The van der Waals surface area contributed by atoms with E-state index in [2.05, 4.69) is 43.1 Å². The van der Waals surface area contributed by atoms with E-state index in [0.29, 0.717) is 17.7 Å². The first kappa shape index (κ1) is 17.1. The summed E-state index contributed by atoms with van der Waals surface area (Å²) < 4.78 is 7.37. The molecule has 1 aliphatic rings. The maximum Gasteiger partial charge on any atom is 0.210 e. The van der Waals surface area contributed by atoms with Crippen molar-refractivity contribution in [3.8, 4) is 5.75 Å². The number of rotatable bonds is 5. The van der Waals surface area contributed by atoms with Crippen LogP contribution in [0.15, 0.2) is 29.4 Å². The summed E-state index contributed by atoms with van der Waals surface area (Å²) in [6.07, 6.45) is 5.08. The van der Waals surface area contributed by atoms with Gasteiger partial charge >= 0.3 is 0 Å². The van der Waals surface area contributed by atoms with Gasteiger partial charge in [0.2, 0.25) is 5.16 Å². The Bertz CT molecular complexity index is 669. The van der Waals surface area contributed by atoms with E-state index in [-0.39, 0.29) is 5.41 Å². The van der Waals surface area contributed by atoms with Crippen molar-refractivity contribution < 1.29 is 4.74 Å². The number of thioether (sulfide) groups is 1. The van der Waals surface area contributed by atoms with E-state index in [4.69, 9.17) is 10.6 Å². The zero-order chi connectivity index (χ0) is 17.2. The van der Waals surface area contributed by atoms with E-state index in [1.165, 1.54) is 31.2 Å². The second-order valence-corrected chi connectivity index (χ2v) is 8.62. The lowest BCUT2D eigenvalue weighted by Crippen LogP contribution is -2.16. The predicted molar refractivity (Wildman–Crippen MR) is 97.8 cm³/mol. The largest absolute Gasteiger partial charge is 0.486 e. The van der Waals surface area contributed by atoms with Crippen LogP contribution in [0, 0.1) is 0 Å². The minimum absolute atomic E-state index is 0.141. The van der Waals surface area contributed by atoms with Crippen LogP contribution in [0.25, 0.3) is 0 Å². The highest BCUT2D eigenvalue weighted by atomic mass is 32.2. The fourth-order valence-corrected chi connectivity index (χ4v) is 4.01. The highest BCUT2D eigenvalue weighted by molar-refractivity contribution is 7.99. The summed E-state index contributed by atoms with van der Waals surface area (Å²) in [4.78, 5) is 0. The summed E-state index contributed by atoms with van der Waals surface area (Å²) in [5, 5.41) is 9.78. The fourth-order valence-electron chi connectivity index (χ4n) is 2.84. The number of hydrogen-bond acceptors (Lipinski definition) is 5. The van der Waals surface area contributed by atoms with Gasteiger partial charge in [0.15, 0.2) is 5.82 Å². The first-order valence-electron chi connectivity index (χ1n) is 8.53. The van der Waals surface area contributed by atoms with E-state index in [0.717, 1.165) is 10.9 Å². The Morgan fingerprint density at radius 2 is 1.83 bits per heavy atom. The minimum Gasteiger partial charge on any atom is -0.486 e. The van der Waals surface area contributed by atoms with Gasteiger partial charge < -0.3 is 10.6 Å². The molecule has 5 nitrogen and oxygen atoms in total. The fraction of sp³-hybridized carbons (Fsp3) is 0.556. The second-order valence-electron chi connectivity index (χ2n) is 7.36. The van der Waals surface area contributed by atoms with Gasteiger partial charge in [-0.1, -0.05) is 57.5 Å². The van der Waals surface area contributed by atoms with Crippen molar-refractivity contribution in [2.45, 2.75) is 68.9 Å². The van der Waals surface area contributed by atoms with Crippen LogP contribution in [0.2, 0.25) is 0 Å². The van der Waals surface area contributed by atoms with E-state index in [9.17, 15) is 0 Å². The molecule has 0 spiro atoms. The van der Waals surface area contributed by atoms with Gasteiger partial charge in [-0.25, -0.2) is 4.68 Å². The first-order valence-corrected chi connectivity index (χ1v) is 9.41. The molecule has 3 rings (SSSR count). The van der Waals surface area contributed by atoms with Crippen molar-refractivity contribution in [2.24, 2.45) is 0 Å². The number of benzene rings is 1. The Hall–Kier alpha value is -1.69. The number of nitrogen functional groups attached to an aromatic ring is 1. The van der Waals surface area contributed by atoms with Gasteiger partial charge in [0.25, 0.3) is 0 Å². The van der Waals surface area contributed by atoms with Crippen molar-refractivity contribution in [1.82, 2.24) is 14.9 Å². The molecule has 130 valence electrons. The molecule has 0 unspecified atom stereocenters. The molecule has 0 saturated heterocycles. The Morgan fingerprint density at radius 1 is 1.17 bits per heavy atom. The maximum atomic E-state index is 6.12. The third-order valence-electron chi connectivity index (χ3n) is 4.40. The van der Waals surface area contributed by atoms with E-state index < -0.39 is 0 Å². The zero-order valence-corrected chi connectivity index (χ0v) is 15.5. The third kappa shape index (κ3) is 4.04. The molecular formula is C18H26N4OS. The molecule has 1 saturated carbocycles. The SMILES string of the molecule is CC(C)(C)c1ccc(OCc2nnc(SC3CCCC3)n2N)cc1. The molecule has 0 radical (unpaired) electrons. The molecule has 0 amide bonds. The molecule has 0 aliphatic heterocycles. The quantitative estimate of drug-likeness (QED) is 0.832. The predicted octanol–water partition coefficient (Wildman–Crippen LogP) is 3.90. The smallest absolute Gasteiger partial charge is 0.210 e. The standard InChI is InChI=1S/C18H26N4OS/c1-18(2,3)13-8-10-14(11-9-13)23-12-16-20-21-17(22(16)19)24-15-6-4-5-7-15/h8-11,15H,4-7,12,19H2,1-3H3. The van der Waals surface area contributed by atoms with Crippen LogP contribution in [0.3, 0.4) is 0 Å². The molecule has 0 bridgehead atoms. The lowest BCUT2D eigenvalue weighted by atomic mass is 9.87. The molecule has 1 fully saturated rings. The second kappa shape index (κ2) is 7.05. The van der Waals surface area contributed by atoms with E-state index in [1.807, 2.05) is 12.1 Å². The van der Waals surface area contributed by atoms with Crippen molar-refractivity contribution in [2.75, 3.05) is 5.84 Å². The number of hydrogen-bond donors (Lipinski definition) is 1. The van der Waals surface area contributed by atoms with E-state index >= 15 is 0 Å². The number of nitrogens with zero attached hydrogens (tertiary/aromatic N) is 3. The molecule has 2 aromatic rings. The van der Waals surface area contributed by atoms with Crippen LogP contribution in [0.1, 0.15) is 57.8 Å². The molecule has 24 heavy (non-hydrogen) atoms. The highest BCUT2D eigenvalue weighted by Gasteiger charge is 2.20. The van der Waals surface area contributed by atoms with Crippen LogP contribution in [-0.4, -0.2) is 20.1 Å². The lowest BCUT2D eigenvalue weighted by Gasteiger charge is -2.19. The monoisotopic (exact) mass is 346 g/mol. The summed E-state index contributed by atoms with van der Waals surface area (Å²) in [7, 11) is 0. The normalized spacial score (nSPS) is 15.8. The van der Waals surface area contributed by atoms with Crippen LogP contribution in [0.4, 0.5) is 0 Å². The molecular weight excluding hydrogens is 320 g/mol. The van der Waals surface area contributed by atoms with Crippen molar-refractivity contribution >= 4 is 11.8 Å². The molecule has 2 N–H and O–H groups in total. The average molecular weight is 347 g/mol. The molecule has 1 aromatic heterocycles. The summed E-state index contributed by atoms with van der Waals surface area (Å²) in [6.45, 7) is 6.92. The van der Waals surface area contributed by atoms with Gasteiger partial charge in [0.05, 0.1) is 0 Å². The Labute approximate surface area is 148 Å². The Morgan fingerprint density at radius 3 is 2.46 bits per heavy atom. The third-order valence-corrected chi connectivity index (χ3v) is 5.69. The summed E-state index contributed by atoms with van der Waals surface area (Å²) in [5.74, 6) is 7.58. The van der Waals surface area contributed by atoms with E-state index in [1.54, 1.807) is 16.4 Å². The van der Waals surface area contributed by atoms with Crippen LogP contribution in [0.5, 0.6) is 5.75 Å². The number of aromatic nitrogens is 3. The maximum absolute atomic E-state index is 6.12. The number of nitrogens with two attached hydrogens (primary N) is 1. The van der Waals surface area contributed by atoms with Gasteiger partial charge in [-0.15, -0.1) is 10.2 Å². The summed E-state index contributed by atoms with van der Waals surface area (Å²) in [6, 6.07) is 8.19. The first-order chi connectivity index (χ1) is 11.4. The summed E-state index contributed by atoms with van der Waals surface area (Å²) >= 11 is 1.73. The van der Waals surface area contributed by atoms with Gasteiger partial charge in [-0.05, 0) is 36.0 Å². The molecule has 6 heteroatoms. The summed E-state index contributed by atoms with van der Waals surface area (Å²) in [5.41, 5.74) is 1.43. The topological polar surface area (TPSA) is 66.0 Å². The zero-order valence-electron chi connectivity index (χ0n) is 14.7. The average Bonchev–Trinajstić information content (AvgIpc) is 3.17. The molecule has 1 aromatic carbocycles. The van der Waals surface area contributed by atoms with Crippen molar-refractivity contribution in [3.63, 3.8) is 0 Å². The Kier molecular flexibility index (Phi) is 5.04. The van der Waals surface area contributed by atoms with Crippen LogP contribution < -0.4 is 10.6 Å². The molecule has 1 aliphatic carbocycles. The van der Waals surface area contributed by atoms with Gasteiger partial charge in [0, 0.05) is 5.25 Å². The minimum atomic E-state index is 0.141. The number of ether oxygens (including phenoxy) is 1. The van der Waals surface area contributed by atoms with Gasteiger partial charge in [0.1, 0.15) is 12.4 Å². The Balaban J connectivity index is 1.59. The molecule has 0 atom stereocenters. The lowest BCUT2D eigenvalue weighted by molar-refractivity contribution is 0.291. The highest BCUT2D eigenvalue weighted by Crippen LogP contribution is 2.33. The van der Waals surface area contributed by atoms with Crippen LogP contribution in [-0.2, 0) is 12.0 Å². The van der Waals surface area contributed by atoms with Crippen molar-refractivity contribution in [3.05, 3.63) is 35.7 Å². The van der Waals surface area contributed by atoms with Crippen LogP contribution >= 0.6 is 11.8 Å². The van der Waals surface area contributed by atoms with Crippen molar-refractivity contribution in [1.29, 1.82) is 0 Å². The molecule has 1 heterocycles. The van der Waals surface area contributed by atoms with Gasteiger partial charge in [-0.3, -0.25) is 0 Å².